The molecule has 0 saturated carbocycles. The molecule has 1 aliphatic heterocycles. The Bertz CT molecular complexity index is 449. The van der Waals surface area contributed by atoms with Crippen LogP contribution in [0.1, 0.15) is 25.3 Å². The number of carbonyl (C=O) groups excluding carboxylic acids is 1. The molecular weight excluding hydrogens is 274 g/mol. The van der Waals surface area contributed by atoms with Crippen molar-refractivity contribution >= 4 is 5.91 Å². The van der Waals surface area contributed by atoms with Crippen LogP contribution >= 0.6 is 0 Å². The highest BCUT2D eigenvalue weighted by molar-refractivity contribution is 5.77. The number of hydrogen-bond donors (Lipinski definition) is 1. The Balaban J connectivity index is 1.67. The number of benzene rings is 1. The molecule has 0 spiro atoms. The van der Waals surface area contributed by atoms with Crippen LogP contribution in [-0.2, 0) is 11.3 Å². The zero-order valence-corrected chi connectivity index (χ0v) is 13.9. The lowest BCUT2D eigenvalue weighted by Crippen LogP contribution is -2.42. The van der Waals surface area contributed by atoms with Crippen molar-refractivity contribution < 1.29 is 4.79 Å². The number of hydrogen-bond acceptors (Lipinski definition) is 3. The van der Waals surface area contributed by atoms with Gasteiger partial charge in [-0.05, 0) is 44.5 Å². The molecule has 22 heavy (non-hydrogen) atoms. The van der Waals surface area contributed by atoms with Gasteiger partial charge in [-0.2, -0.15) is 0 Å². The summed E-state index contributed by atoms with van der Waals surface area (Å²) < 4.78 is 0. The van der Waals surface area contributed by atoms with Crippen molar-refractivity contribution in [2.75, 3.05) is 39.8 Å². The maximum absolute atomic E-state index is 12.1. The maximum atomic E-state index is 12.1. The highest BCUT2D eigenvalue weighted by Gasteiger charge is 2.19. The second-order valence-corrected chi connectivity index (χ2v) is 6.36. The summed E-state index contributed by atoms with van der Waals surface area (Å²) in [6, 6.07) is 10.3. The van der Waals surface area contributed by atoms with Crippen molar-refractivity contribution in [3.8, 4) is 0 Å². The van der Waals surface area contributed by atoms with Crippen molar-refractivity contribution in [1.82, 2.24) is 15.1 Å². The smallest absolute Gasteiger partial charge is 0.234 e. The molecule has 0 radical (unpaired) electrons. The fourth-order valence-corrected chi connectivity index (χ4v) is 3.12. The first-order valence-electron chi connectivity index (χ1n) is 8.39. The minimum absolute atomic E-state index is 0.132. The average Bonchev–Trinajstić information content (AvgIpc) is 2.54. The van der Waals surface area contributed by atoms with E-state index in [9.17, 15) is 4.79 Å². The molecule has 4 nitrogen and oxygen atoms in total. The van der Waals surface area contributed by atoms with Gasteiger partial charge in [0.25, 0.3) is 0 Å². The lowest BCUT2D eigenvalue weighted by molar-refractivity contribution is -0.122. The predicted octanol–water partition coefficient (Wildman–Crippen LogP) is 1.97. The molecule has 1 heterocycles. The van der Waals surface area contributed by atoms with E-state index in [0.29, 0.717) is 12.5 Å². The number of nitrogens with one attached hydrogen (secondary N) is 1. The van der Waals surface area contributed by atoms with Crippen LogP contribution in [0, 0.1) is 5.92 Å². The summed E-state index contributed by atoms with van der Waals surface area (Å²) in [6.45, 7) is 7.73. The molecular formula is C18H29N3O. The molecule has 1 saturated heterocycles. The highest BCUT2D eigenvalue weighted by atomic mass is 16.2. The Morgan fingerprint density at radius 1 is 1.36 bits per heavy atom. The van der Waals surface area contributed by atoms with Gasteiger partial charge < -0.3 is 10.2 Å². The molecule has 0 aliphatic carbocycles. The third kappa shape index (κ3) is 5.78. The second kappa shape index (κ2) is 8.91. The van der Waals surface area contributed by atoms with Gasteiger partial charge in [-0.3, -0.25) is 9.69 Å². The third-order valence-electron chi connectivity index (χ3n) is 4.35. The lowest BCUT2D eigenvalue weighted by atomic mass is 9.98. The van der Waals surface area contributed by atoms with E-state index in [-0.39, 0.29) is 5.91 Å². The van der Waals surface area contributed by atoms with E-state index in [2.05, 4.69) is 34.2 Å². The molecule has 1 unspecified atom stereocenters. The maximum Gasteiger partial charge on any atom is 0.234 e. The Kier molecular flexibility index (Phi) is 6.87. The fourth-order valence-electron chi connectivity index (χ4n) is 3.12. The Hall–Kier alpha value is -1.39. The van der Waals surface area contributed by atoms with Gasteiger partial charge in [-0.25, -0.2) is 0 Å². The summed E-state index contributed by atoms with van der Waals surface area (Å²) in [7, 11) is 1.99. The van der Waals surface area contributed by atoms with Crippen molar-refractivity contribution in [2.45, 2.75) is 26.3 Å². The summed E-state index contributed by atoms with van der Waals surface area (Å²) in [5.74, 6) is 0.740. The normalized spacial score (nSPS) is 19.3. The van der Waals surface area contributed by atoms with Gasteiger partial charge in [-0.15, -0.1) is 0 Å². The van der Waals surface area contributed by atoms with Gasteiger partial charge in [0.05, 0.1) is 6.54 Å². The van der Waals surface area contributed by atoms with Crippen molar-refractivity contribution in [1.29, 1.82) is 0 Å². The number of nitrogens with zero attached hydrogens (tertiary/aromatic N) is 2. The standard InChI is InChI=1S/C18H29N3O/c1-3-21-11-7-10-17(14-21)12-19-18(22)15-20(2)13-16-8-5-4-6-9-16/h4-6,8-9,17H,3,7,10-15H2,1-2H3,(H,19,22). The summed E-state index contributed by atoms with van der Waals surface area (Å²) >= 11 is 0. The predicted molar refractivity (Wildman–Crippen MR) is 90.6 cm³/mol. The quantitative estimate of drug-likeness (QED) is 0.836. The first kappa shape index (κ1) is 17.0. The Morgan fingerprint density at radius 2 is 2.14 bits per heavy atom. The van der Waals surface area contributed by atoms with Crippen LogP contribution < -0.4 is 5.32 Å². The van der Waals surface area contributed by atoms with Crippen LogP contribution in [0.4, 0.5) is 0 Å². The van der Waals surface area contributed by atoms with Crippen molar-refractivity contribution in [3.05, 3.63) is 35.9 Å². The van der Waals surface area contributed by atoms with Gasteiger partial charge in [-0.1, -0.05) is 37.3 Å². The second-order valence-electron chi connectivity index (χ2n) is 6.36. The molecule has 1 aromatic carbocycles. The van der Waals surface area contributed by atoms with Gasteiger partial charge >= 0.3 is 0 Å². The minimum atomic E-state index is 0.132. The van der Waals surface area contributed by atoms with E-state index in [4.69, 9.17) is 0 Å². The van der Waals surface area contributed by atoms with Crippen molar-refractivity contribution in [3.63, 3.8) is 0 Å². The largest absolute Gasteiger partial charge is 0.355 e. The van der Waals surface area contributed by atoms with E-state index in [1.54, 1.807) is 0 Å². The Morgan fingerprint density at radius 3 is 2.86 bits per heavy atom. The van der Waals surface area contributed by atoms with Crippen LogP contribution in [0.5, 0.6) is 0 Å². The highest BCUT2D eigenvalue weighted by Crippen LogP contribution is 2.15. The van der Waals surface area contributed by atoms with E-state index in [1.165, 1.54) is 24.9 Å². The summed E-state index contributed by atoms with van der Waals surface area (Å²) in [5, 5.41) is 3.11. The van der Waals surface area contributed by atoms with Gasteiger partial charge in [0.1, 0.15) is 0 Å². The topological polar surface area (TPSA) is 35.6 Å². The molecule has 2 rings (SSSR count). The van der Waals surface area contributed by atoms with Crippen LogP contribution in [0.25, 0.3) is 0 Å². The molecule has 1 atom stereocenters. The number of likely N-dealkylation sites (tertiary alicyclic amines) is 1. The molecule has 1 N–H and O–H groups in total. The number of piperidine rings is 1. The molecule has 1 amide bonds. The van der Waals surface area contributed by atoms with E-state index >= 15 is 0 Å². The molecule has 1 aromatic rings. The monoisotopic (exact) mass is 303 g/mol. The zero-order valence-electron chi connectivity index (χ0n) is 13.9. The third-order valence-corrected chi connectivity index (χ3v) is 4.35. The lowest BCUT2D eigenvalue weighted by Gasteiger charge is -2.32. The average molecular weight is 303 g/mol. The molecule has 1 fully saturated rings. The van der Waals surface area contributed by atoms with Gasteiger partial charge in [0.15, 0.2) is 0 Å². The number of likely N-dealkylation sites (N-methyl/N-ethyl adjacent to an activating group) is 1. The summed E-state index contributed by atoms with van der Waals surface area (Å²) in [6.07, 6.45) is 2.49. The molecule has 0 bridgehead atoms. The van der Waals surface area contributed by atoms with Crippen molar-refractivity contribution in [2.24, 2.45) is 5.92 Å². The minimum Gasteiger partial charge on any atom is -0.355 e. The summed E-state index contributed by atoms with van der Waals surface area (Å²) in [5.41, 5.74) is 1.24. The van der Waals surface area contributed by atoms with Gasteiger partial charge in [0.2, 0.25) is 5.91 Å². The van der Waals surface area contributed by atoms with E-state index in [1.807, 2.05) is 25.2 Å². The van der Waals surface area contributed by atoms with E-state index in [0.717, 1.165) is 26.2 Å². The number of carbonyl (C=O) groups is 1. The van der Waals surface area contributed by atoms with Crippen LogP contribution in [0.3, 0.4) is 0 Å². The fraction of sp³-hybridized carbons (Fsp3) is 0.611. The molecule has 1 aliphatic rings. The molecule has 0 aromatic heterocycles. The first-order chi connectivity index (χ1) is 10.7. The van der Waals surface area contributed by atoms with Crippen LogP contribution in [0.2, 0.25) is 0 Å². The Labute approximate surface area is 134 Å². The first-order valence-corrected chi connectivity index (χ1v) is 8.39. The van der Waals surface area contributed by atoms with Crippen LogP contribution in [0.15, 0.2) is 30.3 Å². The van der Waals surface area contributed by atoms with Gasteiger partial charge in [0, 0.05) is 19.6 Å². The van der Waals surface area contributed by atoms with Crippen LogP contribution in [-0.4, -0.2) is 55.5 Å². The molecule has 122 valence electrons. The number of amides is 1. The number of rotatable bonds is 7. The van der Waals surface area contributed by atoms with E-state index < -0.39 is 0 Å². The summed E-state index contributed by atoms with van der Waals surface area (Å²) in [4.78, 5) is 16.6. The molecule has 4 heteroatoms. The zero-order chi connectivity index (χ0) is 15.8. The SMILES string of the molecule is CCN1CCCC(CNC(=O)CN(C)Cc2ccccc2)C1.